The molecule has 0 radical (unpaired) electrons. The first kappa shape index (κ1) is 21.1. The fourth-order valence-corrected chi connectivity index (χ4v) is 4.47. The number of phenolic OH excluding ortho intramolecular Hbond substituents is 1. The largest absolute Gasteiger partial charge is 0.507 e. The number of H-pyrrole nitrogens is 1. The van der Waals surface area contributed by atoms with Crippen molar-refractivity contribution in [1.29, 1.82) is 0 Å². The molecule has 4 aromatic rings. The molecule has 0 saturated heterocycles. The lowest BCUT2D eigenvalue weighted by molar-refractivity contribution is 0.0730. The van der Waals surface area contributed by atoms with Crippen LogP contribution in [0.15, 0.2) is 72.8 Å². The third-order valence-electron chi connectivity index (χ3n) is 5.78. The van der Waals surface area contributed by atoms with E-state index in [1.807, 2.05) is 66.4 Å². The van der Waals surface area contributed by atoms with Crippen molar-refractivity contribution in [2.75, 3.05) is 6.61 Å². The number of hydrogen-bond donors (Lipinski definition) is 2. The predicted molar refractivity (Wildman–Crippen MR) is 126 cm³/mol. The summed E-state index contributed by atoms with van der Waals surface area (Å²) < 4.78 is 5.60. The molecule has 0 spiro atoms. The van der Waals surface area contributed by atoms with Crippen LogP contribution in [0.25, 0.3) is 11.3 Å². The number of halogens is 1. The first-order valence-corrected chi connectivity index (χ1v) is 11.1. The molecule has 6 nitrogen and oxygen atoms in total. The summed E-state index contributed by atoms with van der Waals surface area (Å²) in [4.78, 5) is 15.3. The number of fused-ring (bicyclic) bond motifs is 1. The maximum absolute atomic E-state index is 13.5. The van der Waals surface area contributed by atoms with Crippen LogP contribution in [-0.4, -0.2) is 32.7 Å². The molecule has 1 aromatic heterocycles. The van der Waals surface area contributed by atoms with Gasteiger partial charge in [0, 0.05) is 22.7 Å². The molecule has 2 heterocycles. The van der Waals surface area contributed by atoms with E-state index in [0.29, 0.717) is 35.1 Å². The van der Waals surface area contributed by atoms with Crippen LogP contribution in [0.5, 0.6) is 11.5 Å². The Kier molecular flexibility index (Phi) is 5.52. The van der Waals surface area contributed by atoms with Gasteiger partial charge in [0.25, 0.3) is 5.91 Å². The first-order chi connectivity index (χ1) is 16.1. The number of nitrogens with zero attached hydrogens (tertiary/aromatic N) is 2. The Morgan fingerprint density at radius 3 is 2.58 bits per heavy atom. The van der Waals surface area contributed by atoms with Crippen molar-refractivity contribution in [2.24, 2.45) is 0 Å². The van der Waals surface area contributed by atoms with Gasteiger partial charge in [0.2, 0.25) is 0 Å². The number of nitrogens with one attached hydrogen (secondary N) is 1. The molecular weight excluding hydrogens is 438 g/mol. The second-order valence-electron chi connectivity index (χ2n) is 7.85. The predicted octanol–water partition coefficient (Wildman–Crippen LogP) is 5.58. The van der Waals surface area contributed by atoms with Gasteiger partial charge in [-0.25, -0.2) is 0 Å². The maximum Gasteiger partial charge on any atom is 0.273 e. The molecule has 0 bridgehead atoms. The van der Waals surface area contributed by atoms with E-state index in [1.165, 1.54) is 6.07 Å². The summed E-state index contributed by atoms with van der Waals surface area (Å²) >= 11 is 6.21. The van der Waals surface area contributed by atoms with Gasteiger partial charge in [-0.2, -0.15) is 5.10 Å². The summed E-state index contributed by atoms with van der Waals surface area (Å²) in [6.45, 7) is 2.94. The highest BCUT2D eigenvalue weighted by Gasteiger charge is 2.42. The Morgan fingerprint density at radius 1 is 1.09 bits per heavy atom. The Hall–Kier alpha value is -3.77. The third-order valence-corrected chi connectivity index (χ3v) is 6.02. The van der Waals surface area contributed by atoms with Crippen molar-refractivity contribution < 1.29 is 14.6 Å². The van der Waals surface area contributed by atoms with Gasteiger partial charge in [0.1, 0.15) is 22.9 Å². The first-order valence-electron chi connectivity index (χ1n) is 10.7. The monoisotopic (exact) mass is 459 g/mol. The lowest BCUT2D eigenvalue weighted by Crippen LogP contribution is -2.29. The number of carbonyl (C=O) groups excluding carboxylic acids is 1. The van der Waals surface area contributed by atoms with Crippen LogP contribution >= 0.6 is 11.6 Å². The Bertz CT molecular complexity index is 1300. The molecule has 2 N–H and O–H groups in total. The molecule has 3 aromatic carbocycles. The van der Waals surface area contributed by atoms with Crippen LogP contribution in [0.4, 0.5) is 0 Å². The number of phenols is 1. The van der Waals surface area contributed by atoms with Crippen LogP contribution in [0, 0.1) is 0 Å². The van der Waals surface area contributed by atoms with E-state index in [4.69, 9.17) is 16.3 Å². The van der Waals surface area contributed by atoms with Gasteiger partial charge in [-0.15, -0.1) is 0 Å². The second kappa shape index (κ2) is 8.64. The Balaban J connectivity index is 1.65. The van der Waals surface area contributed by atoms with E-state index in [0.717, 1.165) is 22.4 Å². The second-order valence-corrected chi connectivity index (χ2v) is 8.28. The van der Waals surface area contributed by atoms with Crippen molar-refractivity contribution in [3.63, 3.8) is 0 Å². The van der Waals surface area contributed by atoms with Crippen molar-refractivity contribution in [3.05, 3.63) is 100 Å². The smallest absolute Gasteiger partial charge is 0.273 e. The Morgan fingerprint density at radius 2 is 1.85 bits per heavy atom. The number of rotatable bonds is 6. The standard InChI is InChI=1S/C26H22ClN3O3/c1-2-33-19-11-8-17(9-12-19)25-22-23(20-14-18(27)10-13-21(20)31)28-29-24(22)26(32)30(25)15-16-6-4-3-5-7-16/h3-14,25,31H,2,15H2,1H3,(H,28,29). The van der Waals surface area contributed by atoms with Crippen molar-refractivity contribution >= 4 is 17.5 Å². The van der Waals surface area contributed by atoms with Crippen LogP contribution < -0.4 is 4.74 Å². The van der Waals surface area contributed by atoms with Gasteiger partial charge in [0.05, 0.1) is 12.6 Å². The lowest BCUT2D eigenvalue weighted by atomic mass is 9.95. The van der Waals surface area contributed by atoms with E-state index in [1.54, 1.807) is 12.1 Å². The third kappa shape index (κ3) is 3.83. The number of ether oxygens (including phenoxy) is 1. The molecule has 1 atom stereocenters. The summed E-state index contributed by atoms with van der Waals surface area (Å²) in [5, 5.41) is 18.3. The summed E-state index contributed by atoms with van der Waals surface area (Å²) in [5.41, 5.74) is 4.06. The minimum absolute atomic E-state index is 0.0492. The zero-order valence-corrected chi connectivity index (χ0v) is 18.7. The quantitative estimate of drug-likeness (QED) is 0.394. The number of benzene rings is 3. The highest BCUT2D eigenvalue weighted by Crippen LogP contribution is 2.45. The van der Waals surface area contributed by atoms with Crippen LogP contribution in [0.3, 0.4) is 0 Å². The van der Waals surface area contributed by atoms with Gasteiger partial charge < -0.3 is 14.7 Å². The fraction of sp³-hybridized carbons (Fsp3) is 0.154. The van der Waals surface area contributed by atoms with Gasteiger partial charge in [-0.05, 0) is 48.4 Å². The van der Waals surface area contributed by atoms with Gasteiger partial charge in [-0.1, -0.05) is 54.1 Å². The summed E-state index contributed by atoms with van der Waals surface area (Å²) in [6.07, 6.45) is 0. The zero-order valence-electron chi connectivity index (χ0n) is 18.0. The Labute approximate surface area is 196 Å². The van der Waals surface area contributed by atoms with Crippen LogP contribution in [0.1, 0.15) is 40.1 Å². The van der Waals surface area contributed by atoms with E-state index in [9.17, 15) is 9.90 Å². The van der Waals surface area contributed by atoms with Gasteiger partial charge >= 0.3 is 0 Å². The fourth-order valence-electron chi connectivity index (χ4n) is 4.30. The lowest BCUT2D eigenvalue weighted by Gasteiger charge is -2.26. The normalized spacial score (nSPS) is 15.0. The van der Waals surface area contributed by atoms with E-state index >= 15 is 0 Å². The van der Waals surface area contributed by atoms with Crippen molar-refractivity contribution in [3.8, 4) is 22.8 Å². The highest BCUT2D eigenvalue weighted by atomic mass is 35.5. The SMILES string of the molecule is CCOc1ccc(C2c3c(-c4cc(Cl)ccc4O)n[nH]c3C(=O)N2Cc2ccccc2)cc1. The van der Waals surface area contributed by atoms with E-state index in [-0.39, 0.29) is 11.7 Å². The maximum atomic E-state index is 13.5. The minimum atomic E-state index is -0.393. The molecule has 0 aliphatic carbocycles. The number of aromatic amines is 1. The number of aromatic nitrogens is 2. The molecule has 5 rings (SSSR count). The number of amides is 1. The topological polar surface area (TPSA) is 78.5 Å². The van der Waals surface area contributed by atoms with Crippen LogP contribution in [0.2, 0.25) is 5.02 Å². The summed E-state index contributed by atoms with van der Waals surface area (Å²) in [6, 6.07) is 22.0. The summed E-state index contributed by atoms with van der Waals surface area (Å²) in [5.74, 6) is 0.668. The minimum Gasteiger partial charge on any atom is -0.507 e. The molecule has 1 aliphatic heterocycles. The van der Waals surface area contributed by atoms with Gasteiger partial charge in [-0.3, -0.25) is 9.89 Å². The molecule has 1 aliphatic rings. The molecule has 1 amide bonds. The molecule has 0 saturated carbocycles. The molecular formula is C26H22ClN3O3. The average Bonchev–Trinajstić information content (AvgIpc) is 3.36. The number of hydrogen-bond acceptors (Lipinski definition) is 4. The zero-order chi connectivity index (χ0) is 22.9. The van der Waals surface area contributed by atoms with E-state index < -0.39 is 6.04 Å². The van der Waals surface area contributed by atoms with Gasteiger partial charge in [0.15, 0.2) is 0 Å². The highest BCUT2D eigenvalue weighted by molar-refractivity contribution is 6.31. The summed E-state index contributed by atoms with van der Waals surface area (Å²) in [7, 11) is 0. The molecule has 166 valence electrons. The number of carbonyl (C=O) groups is 1. The molecule has 33 heavy (non-hydrogen) atoms. The number of aromatic hydroxyl groups is 1. The van der Waals surface area contributed by atoms with Crippen molar-refractivity contribution in [2.45, 2.75) is 19.5 Å². The average molecular weight is 460 g/mol. The molecule has 7 heteroatoms. The van der Waals surface area contributed by atoms with Crippen LogP contribution in [-0.2, 0) is 6.54 Å². The molecule has 0 fully saturated rings. The molecule has 1 unspecified atom stereocenters. The van der Waals surface area contributed by atoms with E-state index in [2.05, 4.69) is 10.2 Å². The van der Waals surface area contributed by atoms with Crippen molar-refractivity contribution in [1.82, 2.24) is 15.1 Å².